The number of nitrogens with one attached hydrogen (secondary N) is 1. The lowest BCUT2D eigenvalue weighted by Crippen LogP contribution is -2.49. The lowest BCUT2D eigenvalue weighted by atomic mass is 10.0. The molecule has 3 aromatic rings. The number of thiophene rings is 1. The fourth-order valence-corrected chi connectivity index (χ4v) is 3.06. The summed E-state index contributed by atoms with van der Waals surface area (Å²) in [5.41, 5.74) is 0.121. The number of rotatable bonds is 5. The molecule has 0 aromatic carbocycles. The monoisotopic (exact) mass is 354 g/mol. The van der Waals surface area contributed by atoms with Gasteiger partial charge in [-0.15, -0.1) is 11.3 Å². The summed E-state index contributed by atoms with van der Waals surface area (Å²) in [6.07, 6.45) is 3.37. The average Bonchev–Trinajstić information content (AvgIpc) is 3.15. The molecular weight excluding hydrogens is 336 g/mol. The fourth-order valence-electron chi connectivity index (χ4n) is 2.36. The number of nitrogens with zero attached hydrogens (tertiary/aromatic N) is 3. The van der Waals surface area contributed by atoms with Crippen LogP contribution in [0.25, 0.3) is 10.6 Å². The van der Waals surface area contributed by atoms with Crippen LogP contribution in [0.15, 0.2) is 59.0 Å². The number of hydrogen-bond donors (Lipinski definition) is 1. The summed E-state index contributed by atoms with van der Waals surface area (Å²) < 4.78 is 1.24. The molecule has 0 aliphatic heterocycles. The van der Waals surface area contributed by atoms with Crippen LogP contribution < -0.4 is 10.9 Å². The van der Waals surface area contributed by atoms with E-state index in [1.807, 2.05) is 29.6 Å². The first-order valence-corrected chi connectivity index (χ1v) is 8.68. The highest BCUT2D eigenvalue weighted by molar-refractivity contribution is 7.13. The van der Waals surface area contributed by atoms with Crippen LogP contribution in [0, 0.1) is 0 Å². The van der Waals surface area contributed by atoms with Gasteiger partial charge in [0.1, 0.15) is 11.2 Å². The van der Waals surface area contributed by atoms with E-state index in [9.17, 15) is 9.59 Å². The highest BCUT2D eigenvalue weighted by Gasteiger charge is 2.32. The van der Waals surface area contributed by atoms with Gasteiger partial charge >= 0.3 is 0 Å². The molecule has 3 heterocycles. The number of carbonyl (C=O) groups is 1. The zero-order valence-electron chi connectivity index (χ0n) is 14.0. The Labute approximate surface area is 149 Å². The van der Waals surface area contributed by atoms with Crippen LogP contribution in [0.4, 0.5) is 0 Å². The van der Waals surface area contributed by atoms with Gasteiger partial charge in [-0.2, -0.15) is 5.10 Å². The van der Waals surface area contributed by atoms with E-state index in [1.54, 1.807) is 32.3 Å². The molecular formula is C18H18N4O2S. The molecule has 1 amide bonds. The molecule has 0 aliphatic rings. The van der Waals surface area contributed by atoms with Crippen molar-refractivity contribution in [1.29, 1.82) is 0 Å². The second-order valence-electron chi connectivity index (χ2n) is 6.05. The Morgan fingerprint density at radius 1 is 1.24 bits per heavy atom. The molecule has 25 heavy (non-hydrogen) atoms. The van der Waals surface area contributed by atoms with Crippen molar-refractivity contribution in [3.05, 3.63) is 70.1 Å². The lowest BCUT2D eigenvalue weighted by Gasteiger charge is -2.25. The summed E-state index contributed by atoms with van der Waals surface area (Å²) in [6, 6.07) is 10.7. The topological polar surface area (TPSA) is 76.9 Å². The molecule has 0 aliphatic carbocycles. The molecule has 0 fully saturated rings. The first-order chi connectivity index (χ1) is 12.0. The summed E-state index contributed by atoms with van der Waals surface area (Å²) in [5.74, 6) is -0.283. The second-order valence-corrected chi connectivity index (χ2v) is 7.00. The highest BCUT2D eigenvalue weighted by Crippen LogP contribution is 2.22. The Morgan fingerprint density at radius 2 is 2.08 bits per heavy atom. The molecule has 3 aromatic heterocycles. The quantitative estimate of drug-likeness (QED) is 0.763. The minimum atomic E-state index is -1.12. The van der Waals surface area contributed by atoms with Gasteiger partial charge < -0.3 is 5.32 Å². The Balaban J connectivity index is 1.84. The zero-order valence-corrected chi connectivity index (χ0v) is 14.8. The van der Waals surface area contributed by atoms with Crippen molar-refractivity contribution in [1.82, 2.24) is 20.1 Å². The van der Waals surface area contributed by atoms with Crippen molar-refractivity contribution >= 4 is 17.2 Å². The van der Waals surface area contributed by atoms with Crippen LogP contribution in [-0.2, 0) is 16.9 Å². The van der Waals surface area contributed by atoms with Gasteiger partial charge in [-0.3, -0.25) is 14.6 Å². The Bertz CT molecular complexity index is 918. The minimum Gasteiger partial charge on any atom is -0.350 e. The highest BCUT2D eigenvalue weighted by atomic mass is 32.1. The van der Waals surface area contributed by atoms with Crippen LogP contribution >= 0.6 is 11.3 Å². The molecule has 128 valence electrons. The van der Waals surface area contributed by atoms with Gasteiger partial charge in [0.05, 0.1) is 4.88 Å². The number of aromatic nitrogens is 3. The normalized spacial score (nSPS) is 11.3. The molecule has 0 spiro atoms. The molecule has 0 atom stereocenters. The standard InChI is InChI=1S/C18H18N4O2S/c1-18(2,17(24)20-12-13-5-3-9-19-11-13)22-16(23)8-7-14(21-22)15-6-4-10-25-15/h3-11H,12H2,1-2H3,(H,20,24). The molecule has 0 saturated heterocycles. The van der Waals surface area contributed by atoms with Gasteiger partial charge in [0.25, 0.3) is 5.56 Å². The van der Waals surface area contributed by atoms with Crippen LogP contribution in [0.3, 0.4) is 0 Å². The third-order valence-electron chi connectivity index (χ3n) is 3.83. The van der Waals surface area contributed by atoms with Gasteiger partial charge in [0, 0.05) is 25.0 Å². The van der Waals surface area contributed by atoms with Gasteiger partial charge in [-0.05, 0) is 43.0 Å². The van der Waals surface area contributed by atoms with Gasteiger partial charge in [-0.1, -0.05) is 12.1 Å². The maximum absolute atomic E-state index is 12.7. The number of carbonyl (C=O) groups excluding carboxylic acids is 1. The molecule has 6 nitrogen and oxygen atoms in total. The summed E-state index contributed by atoms with van der Waals surface area (Å²) >= 11 is 1.53. The van der Waals surface area contributed by atoms with Crippen molar-refractivity contribution in [3.63, 3.8) is 0 Å². The van der Waals surface area contributed by atoms with Crippen LogP contribution in [-0.4, -0.2) is 20.7 Å². The maximum Gasteiger partial charge on any atom is 0.267 e. The second kappa shape index (κ2) is 6.98. The smallest absolute Gasteiger partial charge is 0.267 e. The number of amides is 1. The Kier molecular flexibility index (Phi) is 4.76. The van der Waals surface area contributed by atoms with Crippen molar-refractivity contribution in [2.75, 3.05) is 0 Å². The molecule has 0 unspecified atom stereocenters. The van der Waals surface area contributed by atoms with Crippen molar-refractivity contribution < 1.29 is 4.79 Å². The predicted octanol–water partition coefficient (Wildman–Crippen LogP) is 2.42. The SMILES string of the molecule is CC(C)(C(=O)NCc1cccnc1)n1nc(-c2cccs2)ccc1=O. The fraction of sp³-hybridized carbons (Fsp3) is 0.222. The predicted molar refractivity (Wildman–Crippen MR) is 97.2 cm³/mol. The maximum atomic E-state index is 12.7. The summed E-state index contributed by atoms with van der Waals surface area (Å²) in [7, 11) is 0. The van der Waals surface area contributed by atoms with E-state index >= 15 is 0 Å². The van der Waals surface area contributed by atoms with Gasteiger partial charge in [0.2, 0.25) is 5.91 Å². The lowest BCUT2D eigenvalue weighted by molar-refractivity contribution is -0.129. The van der Waals surface area contributed by atoms with Gasteiger partial charge in [-0.25, -0.2) is 4.68 Å². The third kappa shape index (κ3) is 3.66. The van der Waals surface area contributed by atoms with E-state index in [2.05, 4.69) is 15.4 Å². The zero-order chi connectivity index (χ0) is 17.9. The van der Waals surface area contributed by atoms with Crippen molar-refractivity contribution in [2.45, 2.75) is 25.9 Å². The van der Waals surface area contributed by atoms with E-state index in [0.717, 1.165) is 10.4 Å². The first kappa shape index (κ1) is 17.0. The summed E-state index contributed by atoms with van der Waals surface area (Å²) in [5, 5.41) is 9.19. The van der Waals surface area contributed by atoms with Crippen molar-refractivity contribution in [2.24, 2.45) is 0 Å². The van der Waals surface area contributed by atoms with E-state index in [0.29, 0.717) is 12.2 Å². The minimum absolute atomic E-state index is 0.283. The average molecular weight is 354 g/mol. The number of hydrogen-bond acceptors (Lipinski definition) is 5. The first-order valence-electron chi connectivity index (χ1n) is 7.80. The van der Waals surface area contributed by atoms with Crippen LogP contribution in [0.5, 0.6) is 0 Å². The van der Waals surface area contributed by atoms with E-state index in [-0.39, 0.29) is 11.5 Å². The van der Waals surface area contributed by atoms with Crippen LogP contribution in [0.1, 0.15) is 19.4 Å². The third-order valence-corrected chi connectivity index (χ3v) is 4.73. The van der Waals surface area contributed by atoms with E-state index < -0.39 is 5.54 Å². The Morgan fingerprint density at radius 3 is 2.76 bits per heavy atom. The molecule has 0 saturated carbocycles. The van der Waals surface area contributed by atoms with E-state index in [4.69, 9.17) is 0 Å². The van der Waals surface area contributed by atoms with E-state index in [1.165, 1.54) is 22.1 Å². The van der Waals surface area contributed by atoms with Crippen molar-refractivity contribution in [3.8, 4) is 10.6 Å². The van der Waals surface area contributed by atoms with Gasteiger partial charge in [0.15, 0.2) is 0 Å². The summed E-state index contributed by atoms with van der Waals surface area (Å²) in [6.45, 7) is 3.70. The molecule has 1 N–H and O–H groups in total. The number of pyridine rings is 1. The Hall–Kier alpha value is -2.80. The van der Waals surface area contributed by atoms with Crippen LogP contribution in [0.2, 0.25) is 0 Å². The molecule has 0 bridgehead atoms. The molecule has 0 radical (unpaired) electrons. The largest absolute Gasteiger partial charge is 0.350 e. The molecule has 7 heteroatoms. The molecule has 3 rings (SSSR count). The summed E-state index contributed by atoms with van der Waals surface area (Å²) in [4.78, 5) is 29.9.